The SMILES string of the molecule is Cc1cc(N)n(C(c2ccccc2)c2ccccn2)n1. The third-order valence-electron chi connectivity index (χ3n) is 3.21. The predicted octanol–water partition coefficient (Wildman–Crippen LogP) is 2.81. The largest absolute Gasteiger partial charge is 0.384 e. The molecule has 1 aromatic carbocycles. The molecule has 0 aliphatic rings. The van der Waals surface area contributed by atoms with Gasteiger partial charge in [-0.2, -0.15) is 5.10 Å². The van der Waals surface area contributed by atoms with Gasteiger partial charge in [0.2, 0.25) is 0 Å². The molecular weight excluding hydrogens is 248 g/mol. The fraction of sp³-hybridized carbons (Fsp3) is 0.125. The van der Waals surface area contributed by atoms with Crippen molar-refractivity contribution in [3.8, 4) is 0 Å². The van der Waals surface area contributed by atoms with Gasteiger partial charge < -0.3 is 5.73 Å². The van der Waals surface area contributed by atoms with Crippen molar-refractivity contribution in [2.75, 3.05) is 5.73 Å². The Labute approximate surface area is 117 Å². The average Bonchev–Trinajstić information content (AvgIpc) is 2.80. The fourth-order valence-corrected chi connectivity index (χ4v) is 2.35. The van der Waals surface area contributed by atoms with Crippen molar-refractivity contribution in [1.82, 2.24) is 14.8 Å². The highest BCUT2D eigenvalue weighted by Gasteiger charge is 2.20. The maximum Gasteiger partial charge on any atom is 0.123 e. The molecule has 0 bridgehead atoms. The van der Waals surface area contributed by atoms with Crippen LogP contribution in [0.25, 0.3) is 0 Å². The molecule has 3 rings (SSSR count). The minimum atomic E-state index is -0.105. The highest BCUT2D eigenvalue weighted by Crippen LogP contribution is 2.27. The van der Waals surface area contributed by atoms with Gasteiger partial charge in [-0.1, -0.05) is 36.4 Å². The molecule has 1 unspecified atom stereocenters. The summed E-state index contributed by atoms with van der Waals surface area (Å²) in [7, 11) is 0. The molecule has 2 N–H and O–H groups in total. The number of nitrogens with two attached hydrogens (primary N) is 1. The Bertz CT molecular complexity index is 650. The van der Waals surface area contributed by atoms with Crippen LogP contribution in [-0.2, 0) is 0 Å². The second-order valence-electron chi connectivity index (χ2n) is 4.72. The molecule has 0 aliphatic heterocycles. The van der Waals surface area contributed by atoms with E-state index in [1.165, 1.54) is 0 Å². The lowest BCUT2D eigenvalue weighted by molar-refractivity contribution is 0.586. The van der Waals surface area contributed by atoms with E-state index in [-0.39, 0.29) is 6.04 Å². The first-order valence-corrected chi connectivity index (χ1v) is 6.53. The monoisotopic (exact) mass is 264 g/mol. The highest BCUT2D eigenvalue weighted by atomic mass is 15.3. The number of benzene rings is 1. The van der Waals surface area contributed by atoms with Crippen molar-refractivity contribution < 1.29 is 0 Å². The standard InChI is InChI=1S/C16H16N4/c1-12-11-15(17)20(19-12)16(13-7-3-2-4-8-13)14-9-5-6-10-18-14/h2-11,16H,17H2,1H3. The number of aromatic nitrogens is 3. The van der Waals surface area contributed by atoms with Gasteiger partial charge in [0.15, 0.2) is 0 Å². The molecule has 20 heavy (non-hydrogen) atoms. The van der Waals surface area contributed by atoms with E-state index >= 15 is 0 Å². The zero-order chi connectivity index (χ0) is 13.9. The van der Waals surface area contributed by atoms with Gasteiger partial charge in [-0.25, -0.2) is 4.68 Å². The van der Waals surface area contributed by atoms with E-state index in [0.29, 0.717) is 5.82 Å². The van der Waals surface area contributed by atoms with Crippen LogP contribution in [0.2, 0.25) is 0 Å². The van der Waals surface area contributed by atoms with Crippen LogP contribution in [0.1, 0.15) is 23.0 Å². The summed E-state index contributed by atoms with van der Waals surface area (Å²) in [6.07, 6.45) is 1.79. The number of nitrogens with zero attached hydrogens (tertiary/aromatic N) is 3. The van der Waals surface area contributed by atoms with Crippen LogP contribution in [0.5, 0.6) is 0 Å². The van der Waals surface area contributed by atoms with Gasteiger partial charge in [0.05, 0.1) is 11.4 Å². The lowest BCUT2D eigenvalue weighted by Crippen LogP contribution is -2.17. The van der Waals surface area contributed by atoms with Crippen molar-refractivity contribution in [2.45, 2.75) is 13.0 Å². The third kappa shape index (κ3) is 2.28. The molecule has 2 heterocycles. The first-order chi connectivity index (χ1) is 9.75. The molecule has 0 spiro atoms. The van der Waals surface area contributed by atoms with Gasteiger partial charge in [0.1, 0.15) is 11.9 Å². The quantitative estimate of drug-likeness (QED) is 0.791. The predicted molar refractivity (Wildman–Crippen MR) is 79.3 cm³/mol. The van der Waals surface area contributed by atoms with Gasteiger partial charge >= 0.3 is 0 Å². The van der Waals surface area contributed by atoms with Gasteiger partial charge in [0.25, 0.3) is 0 Å². The maximum atomic E-state index is 6.09. The molecule has 0 fully saturated rings. The van der Waals surface area contributed by atoms with E-state index in [2.05, 4.69) is 22.2 Å². The van der Waals surface area contributed by atoms with E-state index in [9.17, 15) is 0 Å². The lowest BCUT2D eigenvalue weighted by atomic mass is 10.0. The summed E-state index contributed by atoms with van der Waals surface area (Å²) in [6, 6.07) is 17.8. The summed E-state index contributed by atoms with van der Waals surface area (Å²) in [5.41, 5.74) is 9.03. The van der Waals surface area contributed by atoms with Gasteiger partial charge in [-0.3, -0.25) is 4.98 Å². The Kier molecular flexibility index (Phi) is 3.21. The van der Waals surface area contributed by atoms with Crippen LogP contribution in [0.15, 0.2) is 60.8 Å². The van der Waals surface area contributed by atoms with E-state index in [0.717, 1.165) is 17.0 Å². The normalized spacial score (nSPS) is 12.2. The Morgan fingerprint density at radius 2 is 1.80 bits per heavy atom. The molecule has 4 nitrogen and oxygen atoms in total. The molecule has 0 aliphatic carbocycles. The fourth-order valence-electron chi connectivity index (χ4n) is 2.35. The molecule has 4 heteroatoms. The van der Waals surface area contributed by atoms with Crippen LogP contribution in [-0.4, -0.2) is 14.8 Å². The van der Waals surface area contributed by atoms with Crippen LogP contribution in [0.4, 0.5) is 5.82 Å². The van der Waals surface area contributed by atoms with Gasteiger partial charge in [-0.05, 0) is 24.6 Å². The first-order valence-electron chi connectivity index (χ1n) is 6.53. The Balaban J connectivity index is 2.16. The van der Waals surface area contributed by atoms with Gasteiger partial charge in [0, 0.05) is 12.3 Å². The zero-order valence-corrected chi connectivity index (χ0v) is 11.3. The minimum Gasteiger partial charge on any atom is -0.384 e. The third-order valence-corrected chi connectivity index (χ3v) is 3.21. The molecule has 3 aromatic rings. The number of anilines is 1. The van der Waals surface area contributed by atoms with E-state index in [1.54, 1.807) is 6.20 Å². The van der Waals surface area contributed by atoms with E-state index in [1.807, 2.05) is 54.1 Å². The van der Waals surface area contributed by atoms with Gasteiger partial charge in [-0.15, -0.1) is 0 Å². The number of rotatable bonds is 3. The minimum absolute atomic E-state index is 0.105. The van der Waals surface area contributed by atoms with Crippen molar-refractivity contribution >= 4 is 5.82 Å². The molecule has 2 aromatic heterocycles. The second-order valence-corrected chi connectivity index (χ2v) is 4.72. The molecule has 100 valence electrons. The molecule has 0 radical (unpaired) electrons. The molecule has 0 saturated heterocycles. The average molecular weight is 264 g/mol. The zero-order valence-electron chi connectivity index (χ0n) is 11.3. The molecular formula is C16H16N4. The van der Waals surface area contributed by atoms with Crippen molar-refractivity contribution in [3.05, 3.63) is 77.7 Å². The Morgan fingerprint density at radius 1 is 1.05 bits per heavy atom. The smallest absolute Gasteiger partial charge is 0.123 e. The second kappa shape index (κ2) is 5.17. The van der Waals surface area contributed by atoms with E-state index < -0.39 is 0 Å². The van der Waals surface area contributed by atoms with Crippen LogP contribution < -0.4 is 5.73 Å². The number of nitrogen functional groups attached to an aromatic ring is 1. The highest BCUT2D eigenvalue weighted by molar-refractivity contribution is 5.37. The number of hydrogen-bond donors (Lipinski definition) is 1. The summed E-state index contributed by atoms with van der Waals surface area (Å²) in [5.74, 6) is 0.641. The van der Waals surface area contributed by atoms with Crippen LogP contribution in [0, 0.1) is 6.92 Å². The summed E-state index contributed by atoms with van der Waals surface area (Å²) >= 11 is 0. The van der Waals surface area contributed by atoms with E-state index in [4.69, 9.17) is 5.73 Å². The molecule has 1 atom stereocenters. The molecule has 0 saturated carbocycles. The summed E-state index contributed by atoms with van der Waals surface area (Å²) in [6.45, 7) is 1.94. The maximum absolute atomic E-state index is 6.09. The van der Waals surface area contributed by atoms with Crippen LogP contribution >= 0.6 is 0 Å². The summed E-state index contributed by atoms with van der Waals surface area (Å²) in [5, 5.41) is 4.51. The molecule has 0 amide bonds. The van der Waals surface area contributed by atoms with Crippen molar-refractivity contribution in [3.63, 3.8) is 0 Å². The first kappa shape index (κ1) is 12.4. The lowest BCUT2D eigenvalue weighted by Gasteiger charge is -2.19. The van der Waals surface area contributed by atoms with Crippen molar-refractivity contribution in [1.29, 1.82) is 0 Å². The van der Waals surface area contributed by atoms with Crippen molar-refractivity contribution in [2.24, 2.45) is 0 Å². The number of pyridine rings is 1. The topological polar surface area (TPSA) is 56.7 Å². The van der Waals surface area contributed by atoms with Crippen LogP contribution in [0.3, 0.4) is 0 Å². The number of aryl methyl sites for hydroxylation is 1. The number of hydrogen-bond acceptors (Lipinski definition) is 3. The Hall–Kier alpha value is -2.62. The summed E-state index contributed by atoms with van der Waals surface area (Å²) < 4.78 is 1.83. The Morgan fingerprint density at radius 3 is 2.40 bits per heavy atom. The summed E-state index contributed by atoms with van der Waals surface area (Å²) in [4.78, 5) is 4.47.